The Morgan fingerprint density at radius 2 is 2.10 bits per heavy atom. The quantitative estimate of drug-likeness (QED) is 0.523. The first kappa shape index (κ1) is 7.66. The minimum Gasteiger partial charge on any atom is -0.120 e. The summed E-state index contributed by atoms with van der Waals surface area (Å²) in [7, 11) is 0. The molecule has 0 saturated heterocycles. The largest absolute Gasteiger partial charge is 0.120 e. The SMILES string of the molecule is C#CC(C)CC(C)C1CC1. The lowest BCUT2D eigenvalue weighted by molar-refractivity contribution is 0.426. The van der Waals surface area contributed by atoms with Crippen LogP contribution in [0.3, 0.4) is 0 Å². The van der Waals surface area contributed by atoms with E-state index >= 15 is 0 Å². The molecule has 10 heavy (non-hydrogen) atoms. The van der Waals surface area contributed by atoms with Gasteiger partial charge in [-0.05, 0) is 31.1 Å². The molecule has 0 amide bonds. The number of rotatable bonds is 3. The minimum atomic E-state index is 0.482. The average molecular weight is 136 g/mol. The Labute approximate surface area is 64.0 Å². The van der Waals surface area contributed by atoms with Crippen LogP contribution in [0.15, 0.2) is 0 Å². The first-order valence-electron chi connectivity index (χ1n) is 4.20. The molecule has 0 aromatic carbocycles. The molecule has 0 N–H and O–H groups in total. The third-order valence-electron chi connectivity index (χ3n) is 2.44. The molecule has 1 rings (SSSR count). The predicted octanol–water partition coefficient (Wildman–Crippen LogP) is 2.69. The lowest BCUT2D eigenvalue weighted by Gasteiger charge is -2.10. The van der Waals surface area contributed by atoms with E-state index in [1.54, 1.807) is 0 Å². The molecule has 0 radical (unpaired) electrons. The fraction of sp³-hybridized carbons (Fsp3) is 0.800. The second-order valence-electron chi connectivity index (χ2n) is 3.62. The first-order valence-corrected chi connectivity index (χ1v) is 4.20. The second-order valence-corrected chi connectivity index (χ2v) is 3.62. The lowest BCUT2D eigenvalue weighted by atomic mass is 9.94. The van der Waals surface area contributed by atoms with Crippen molar-refractivity contribution < 1.29 is 0 Å². The van der Waals surface area contributed by atoms with Crippen LogP contribution in [0.4, 0.5) is 0 Å². The molecule has 0 aliphatic heterocycles. The molecule has 0 heteroatoms. The van der Waals surface area contributed by atoms with E-state index in [4.69, 9.17) is 6.42 Å². The van der Waals surface area contributed by atoms with Gasteiger partial charge in [0.25, 0.3) is 0 Å². The molecule has 1 aliphatic carbocycles. The van der Waals surface area contributed by atoms with E-state index in [2.05, 4.69) is 19.8 Å². The van der Waals surface area contributed by atoms with Gasteiger partial charge < -0.3 is 0 Å². The number of hydrogen-bond donors (Lipinski definition) is 0. The van der Waals surface area contributed by atoms with Crippen LogP contribution >= 0.6 is 0 Å². The van der Waals surface area contributed by atoms with E-state index < -0.39 is 0 Å². The molecule has 1 saturated carbocycles. The van der Waals surface area contributed by atoms with Crippen LogP contribution in [0.5, 0.6) is 0 Å². The van der Waals surface area contributed by atoms with Gasteiger partial charge in [0, 0.05) is 5.92 Å². The number of hydrogen-bond acceptors (Lipinski definition) is 0. The van der Waals surface area contributed by atoms with E-state index in [0.717, 1.165) is 11.8 Å². The standard InChI is InChI=1S/C10H16/c1-4-8(2)7-9(3)10-5-6-10/h1,8-10H,5-7H2,2-3H3. The van der Waals surface area contributed by atoms with Gasteiger partial charge in [0.2, 0.25) is 0 Å². The molecule has 0 nitrogen and oxygen atoms in total. The lowest BCUT2D eigenvalue weighted by Crippen LogP contribution is -2.02. The third-order valence-corrected chi connectivity index (χ3v) is 2.44. The Balaban J connectivity index is 2.17. The normalized spacial score (nSPS) is 23.3. The van der Waals surface area contributed by atoms with Gasteiger partial charge in [0.1, 0.15) is 0 Å². The van der Waals surface area contributed by atoms with Crippen molar-refractivity contribution in [1.82, 2.24) is 0 Å². The topological polar surface area (TPSA) is 0 Å². The van der Waals surface area contributed by atoms with Gasteiger partial charge in [0.15, 0.2) is 0 Å². The van der Waals surface area contributed by atoms with Crippen LogP contribution in [0.25, 0.3) is 0 Å². The van der Waals surface area contributed by atoms with Gasteiger partial charge in [-0.2, -0.15) is 0 Å². The third kappa shape index (κ3) is 2.06. The Kier molecular flexibility index (Phi) is 2.38. The Hall–Kier alpha value is -0.440. The van der Waals surface area contributed by atoms with Crippen LogP contribution in [0.2, 0.25) is 0 Å². The van der Waals surface area contributed by atoms with Gasteiger partial charge in [-0.3, -0.25) is 0 Å². The summed E-state index contributed by atoms with van der Waals surface area (Å²) in [5.41, 5.74) is 0. The summed E-state index contributed by atoms with van der Waals surface area (Å²) in [5.74, 6) is 5.14. The Morgan fingerprint density at radius 1 is 1.50 bits per heavy atom. The van der Waals surface area contributed by atoms with Crippen molar-refractivity contribution in [1.29, 1.82) is 0 Å². The maximum atomic E-state index is 5.29. The molecule has 2 unspecified atom stereocenters. The first-order chi connectivity index (χ1) is 4.74. The summed E-state index contributed by atoms with van der Waals surface area (Å²) >= 11 is 0. The van der Waals surface area contributed by atoms with Crippen molar-refractivity contribution in [3.05, 3.63) is 0 Å². The van der Waals surface area contributed by atoms with E-state index in [9.17, 15) is 0 Å². The van der Waals surface area contributed by atoms with Crippen LogP contribution in [-0.4, -0.2) is 0 Å². The summed E-state index contributed by atoms with van der Waals surface area (Å²) in [6.07, 6.45) is 9.40. The molecule has 56 valence electrons. The smallest absolute Gasteiger partial charge is 0.0174 e. The van der Waals surface area contributed by atoms with Crippen molar-refractivity contribution in [3.63, 3.8) is 0 Å². The predicted molar refractivity (Wildman–Crippen MR) is 44.5 cm³/mol. The van der Waals surface area contributed by atoms with Gasteiger partial charge in [-0.15, -0.1) is 12.3 Å². The summed E-state index contributed by atoms with van der Waals surface area (Å²) in [4.78, 5) is 0. The van der Waals surface area contributed by atoms with Gasteiger partial charge >= 0.3 is 0 Å². The van der Waals surface area contributed by atoms with E-state index in [-0.39, 0.29) is 0 Å². The van der Waals surface area contributed by atoms with Crippen LogP contribution < -0.4 is 0 Å². The zero-order chi connectivity index (χ0) is 7.56. The van der Waals surface area contributed by atoms with Crippen molar-refractivity contribution in [2.24, 2.45) is 17.8 Å². The average Bonchev–Trinajstić information content (AvgIpc) is 2.68. The summed E-state index contributed by atoms with van der Waals surface area (Å²) in [6.45, 7) is 4.46. The molecule has 0 aromatic rings. The van der Waals surface area contributed by atoms with Gasteiger partial charge in [-0.1, -0.05) is 13.8 Å². The highest BCUT2D eigenvalue weighted by atomic mass is 14.3. The van der Waals surface area contributed by atoms with Crippen molar-refractivity contribution in [2.75, 3.05) is 0 Å². The van der Waals surface area contributed by atoms with Crippen LogP contribution in [-0.2, 0) is 0 Å². The Morgan fingerprint density at radius 3 is 2.50 bits per heavy atom. The molecule has 0 heterocycles. The molecule has 0 aromatic heterocycles. The summed E-state index contributed by atoms with van der Waals surface area (Å²) < 4.78 is 0. The fourth-order valence-electron chi connectivity index (χ4n) is 1.48. The highest BCUT2D eigenvalue weighted by Gasteiger charge is 2.28. The Bertz CT molecular complexity index is 137. The maximum Gasteiger partial charge on any atom is 0.0174 e. The zero-order valence-electron chi connectivity index (χ0n) is 6.93. The van der Waals surface area contributed by atoms with E-state index in [0.29, 0.717) is 5.92 Å². The second kappa shape index (κ2) is 3.10. The molecule has 0 spiro atoms. The molecular formula is C10H16. The van der Waals surface area contributed by atoms with Crippen LogP contribution in [0, 0.1) is 30.1 Å². The van der Waals surface area contributed by atoms with Crippen molar-refractivity contribution in [3.8, 4) is 12.3 Å². The monoisotopic (exact) mass is 136 g/mol. The highest BCUT2D eigenvalue weighted by molar-refractivity contribution is 4.92. The summed E-state index contributed by atoms with van der Waals surface area (Å²) in [5, 5.41) is 0. The van der Waals surface area contributed by atoms with E-state index in [1.165, 1.54) is 19.3 Å². The molecule has 1 fully saturated rings. The molecule has 0 bridgehead atoms. The fourth-order valence-corrected chi connectivity index (χ4v) is 1.48. The summed E-state index contributed by atoms with van der Waals surface area (Å²) in [6, 6.07) is 0. The van der Waals surface area contributed by atoms with Crippen molar-refractivity contribution in [2.45, 2.75) is 33.1 Å². The zero-order valence-corrected chi connectivity index (χ0v) is 6.93. The molecule has 1 aliphatic rings. The molecule has 2 atom stereocenters. The minimum absolute atomic E-state index is 0.482. The van der Waals surface area contributed by atoms with Gasteiger partial charge in [-0.25, -0.2) is 0 Å². The van der Waals surface area contributed by atoms with Crippen molar-refractivity contribution >= 4 is 0 Å². The highest BCUT2D eigenvalue weighted by Crippen LogP contribution is 2.39. The maximum absolute atomic E-state index is 5.29. The van der Waals surface area contributed by atoms with Crippen LogP contribution in [0.1, 0.15) is 33.1 Å². The number of terminal acetylenes is 1. The van der Waals surface area contributed by atoms with Gasteiger partial charge in [0.05, 0.1) is 0 Å². The molecular weight excluding hydrogens is 120 g/mol. The van der Waals surface area contributed by atoms with E-state index in [1.807, 2.05) is 0 Å².